The van der Waals surface area contributed by atoms with Crippen LogP contribution in [0.25, 0.3) is 16.1 Å². The number of aromatic nitrogens is 1. The number of rotatable bonds is 3. The third-order valence-corrected chi connectivity index (χ3v) is 4.41. The first-order valence-electron chi connectivity index (χ1n) is 8.08. The van der Waals surface area contributed by atoms with Gasteiger partial charge in [0, 0.05) is 11.3 Å². The summed E-state index contributed by atoms with van der Waals surface area (Å²) < 4.78 is 41.2. The van der Waals surface area contributed by atoms with Gasteiger partial charge in [0.2, 0.25) is 0 Å². The topological polar surface area (TPSA) is 38.4 Å². The van der Waals surface area contributed by atoms with Crippen LogP contribution in [0.1, 0.15) is 31.7 Å². The van der Waals surface area contributed by atoms with Crippen LogP contribution in [0, 0.1) is 6.57 Å². The summed E-state index contributed by atoms with van der Waals surface area (Å²) in [7, 11) is 0. The second-order valence-corrected chi connectivity index (χ2v) is 6.13. The van der Waals surface area contributed by atoms with Gasteiger partial charge >= 0.3 is 6.18 Å². The highest BCUT2D eigenvalue weighted by atomic mass is 19.4. The first-order valence-corrected chi connectivity index (χ1v) is 8.08. The molecule has 1 aromatic heterocycles. The van der Waals surface area contributed by atoms with Crippen LogP contribution >= 0.6 is 0 Å². The van der Waals surface area contributed by atoms with Gasteiger partial charge in [0.05, 0.1) is 17.8 Å². The average molecular weight is 359 g/mol. The third-order valence-electron chi connectivity index (χ3n) is 4.41. The van der Waals surface area contributed by atoms with E-state index >= 15 is 0 Å². The number of nitrogens with zero attached hydrogens (tertiary/aromatic N) is 2. The predicted octanol–water partition coefficient (Wildman–Crippen LogP) is 5.09. The van der Waals surface area contributed by atoms with Gasteiger partial charge in [0.15, 0.2) is 0 Å². The van der Waals surface area contributed by atoms with Crippen LogP contribution in [-0.4, -0.2) is 4.68 Å². The van der Waals surface area contributed by atoms with E-state index in [4.69, 9.17) is 6.57 Å². The zero-order chi connectivity index (χ0) is 18.9. The number of hydrogen-bond donors (Lipinski definition) is 1. The van der Waals surface area contributed by atoms with Crippen LogP contribution in [0.2, 0.25) is 0 Å². The summed E-state index contributed by atoms with van der Waals surface area (Å²) in [5.41, 5.74) is 2.19. The van der Waals surface area contributed by atoms with Crippen molar-refractivity contribution in [2.24, 2.45) is 0 Å². The molecule has 0 amide bonds. The van der Waals surface area contributed by atoms with Gasteiger partial charge < -0.3 is 0 Å². The minimum atomic E-state index is -4.79. The number of halogens is 3. The van der Waals surface area contributed by atoms with Crippen LogP contribution in [-0.2, 0) is 6.18 Å². The largest absolute Gasteiger partial charge is 0.407 e. The van der Waals surface area contributed by atoms with Gasteiger partial charge in [-0.2, -0.15) is 13.2 Å². The summed E-state index contributed by atoms with van der Waals surface area (Å²) in [5.74, 6) is 0. The molecule has 0 bridgehead atoms. The molecule has 0 atom stereocenters. The van der Waals surface area contributed by atoms with Crippen molar-refractivity contribution < 1.29 is 13.2 Å². The van der Waals surface area contributed by atoms with E-state index in [-0.39, 0.29) is 5.69 Å². The summed E-state index contributed by atoms with van der Waals surface area (Å²) in [6, 6.07) is 9.21. The van der Waals surface area contributed by atoms with Crippen molar-refractivity contribution in [1.29, 1.82) is 0 Å². The van der Waals surface area contributed by atoms with Gasteiger partial charge in [-0.05, 0) is 32.3 Å². The summed E-state index contributed by atoms with van der Waals surface area (Å²) in [6.07, 6.45) is -2.29. The van der Waals surface area contributed by atoms with Crippen LogP contribution in [0.15, 0.2) is 52.5 Å². The minimum absolute atomic E-state index is 0.0718. The molecule has 134 valence electrons. The van der Waals surface area contributed by atoms with Gasteiger partial charge in [0.1, 0.15) is 0 Å². The molecule has 7 heteroatoms. The molecule has 3 rings (SSSR count). The molecule has 1 heterocycles. The fraction of sp³-hybridized carbons (Fsp3) is 0.263. The smallest absolute Gasteiger partial charge is 0.296 e. The zero-order valence-electron chi connectivity index (χ0n) is 14.0. The Balaban J connectivity index is 2.29. The first kappa shape index (κ1) is 17.8. The lowest BCUT2D eigenvalue weighted by Gasteiger charge is -2.20. The normalized spacial score (nSPS) is 14.4. The third kappa shape index (κ3) is 3.23. The predicted molar refractivity (Wildman–Crippen MR) is 93.3 cm³/mol. The van der Waals surface area contributed by atoms with Crippen LogP contribution < -0.4 is 11.0 Å². The Morgan fingerprint density at radius 2 is 1.88 bits per heavy atom. The molecule has 4 nitrogen and oxygen atoms in total. The molecule has 0 saturated heterocycles. The van der Waals surface area contributed by atoms with Crippen molar-refractivity contribution >= 4 is 5.69 Å². The Morgan fingerprint density at radius 1 is 1.19 bits per heavy atom. The molecule has 1 aliphatic carbocycles. The lowest BCUT2D eigenvalue weighted by Crippen LogP contribution is -2.31. The van der Waals surface area contributed by atoms with E-state index in [1.807, 2.05) is 6.92 Å². The van der Waals surface area contributed by atoms with Crippen molar-refractivity contribution in [3.63, 3.8) is 0 Å². The molecule has 0 saturated carbocycles. The fourth-order valence-corrected chi connectivity index (χ4v) is 3.04. The first-order chi connectivity index (χ1) is 12.3. The second-order valence-electron chi connectivity index (χ2n) is 6.13. The van der Waals surface area contributed by atoms with E-state index in [0.717, 1.165) is 34.9 Å². The van der Waals surface area contributed by atoms with E-state index in [9.17, 15) is 18.0 Å². The highest BCUT2D eigenvalue weighted by Gasteiger charge is 2.36. The maximum Gasteiger partial charge on any atom is 0.407 e. The van der Waals surface area contributed by atoms with Crippen molar-refractivity contribution in [3.05, 3.63) is 75.0 Å². The molecule has 1 aromatic carbocycles. The van der Waals surface area contributed by atoms with Gasteiger partial charge in [-0.3, -0.25) is 10.2 Å². The Hall–Kier alpha value is -3.01. The van der Waals surface area contributed by atoms with E-state index < -0.39 is 23.0 Å². The molecule has 1 N–H and O–H groups in total. The Bertz CT molecular complexity index is 966. The van der Waals surface area contributed by atoms with Gasteiger partial charge in [-0.15, -0.1) is 0 Å². The molecule has 0 radical (unpaired) electrons. The van der Waals surface area contributed by atoms with Crippen LogP contribution in [0.5, 0.6) is 0 Å². The van der Waals surface area contributed by atoms with Gasteiger partial charge in [0.25, 0.3) is 11.2 Å². The number of benzene rings is 1. The SMILES string of the molecule is [C-]#[N+]c1c(C(F)(F)F)cc(-c2ccccc2)n(NC2=C(C)CCC2)c1=O. The van der Waals surface area contributed by atoms with E-state index in [2.05, 4.69) is 10.3 Å². The Kier molecular flexibility index (Phi) is 4.60. The van der Waals surface area contributed by atoms with Crippen molar-refractivity contribution in [2.75, 3.05) is 5.43 Å². The fourth-order valence-electron chi connectivity index (χ4n) is 3.04. The lowest BCUT2D eigenvalue weighted by molar-refractivity contribution is -0.136. The lowest BCUT2D eigenvalue weighted by atomic mass is 10.1. The van der Waals surface area contributed by atoms with Crippen LogP contribution in [0.3, 0.4) is 0 Å². The quantitative estimate of drug-likeness (QED) is 0.776. The molecule has 1 aliphatic rings. The molecular weight excluding hydrogens is 343 g/mol. The molecular formula is C19H16F3N3O. The summed E-state index contributed by atoms with van der Waals surface area (Å²) in [5, 5.41) is 0. The number of allylic oxidation sites excluding steroid dienone is 2. The molecule has 0 fully saturated rings. The number of nitrogens with one attached hydrogen (secondary N) is 1. The molecule has 0 spiro atoms. The monoisotopic (exact) mass is 359 g/mol. The molecule has 0 aliphatic heterocycles. The van der Waals surface area contributed by atoms with Crippen molar-refractivity contribution in [3.8, 4) is 11.3 Å². The summed E-state index contributed by atoms with van der Waals surface area (Å²) >= 11 is 0. The van der Waals surface area contributed by atoms with Crippen molar-refractivity contribution in [2.45, 2.75) is 32.4 Å². The Labute approximate surface area is 148 Å². The summed E-state index contributed by atoms with van der Waals surface area (Å²) in [6.45, 7) is 8.99. The number of hydrogen-bond acceptors (Lipinski definition) is 2. The zero-order valence-corrected chi connectivity index (χ0v) is 14.0. The van der Waals surface area contributed by atoms with E-state index in [1.165, 1.54) is 0 Å². The second kappa shape index (κ2) is 6.71. The molecule has 2 aromatic rings. The molecule has 0 unspecified atom stereocenters. The highest BCUT2D eigenvalue weighted by molar-refractivity contribution is 5.66. The van der Waals surface area contributed by atoms with Crippen molar-refractivity contribution in [1.82, 2.24) is 4.68 Å². The minimum Gasteiger partial charge on any atom is -0.296 e. The number of pyridine rings is 1. The highest BCUT2D eigenvalue weighted by Crippen LogP contribution is 2.37. The number of alkyl halides is 3. The molecule has 26 heavy (non-hydrogen) atoms. The van der Waals surface area contributed by atoms with Crippen LogP contribution in [0.4, 0.5) is 18.9 Å². The van der Waals surface area contributed by atoms with Gasteiger partial charge in [-0.25, -0.2) is 9.52 Å². The van der Waals surface area contributed by atoms with Gasteiger partial charge in [-0.1, -0.05) is 35.9 Å². The van der Waals surface area contributed by atoms with E-state index in [0.29, 0.717) is 12.0 Å². The Morgan fingerprint density at radius 3 is 2.42 bits per heavy atom. The maximum absolute atomic E-state index is 13.4. The standard InChI is InChI=1S/C19H16F3N3O/c1-12-7-6-10-15(12)24-25-16(13-8-4-3-5-9-13)11-14(19(20,21)22)17(23-2)18(25)26/h3-5,8-9,11,24H,6-7,10H2,1H3. The van der Waals surface area contributed by atoms with E-state index in [1.54, 1.807) is 30.3 Å². The summed E-state index contributed by atoms with van der Waals surface area (Å²) in [4.78, 5) is 15.6. The maximum atomic E-state index is 13.4. The average Bonchev–Trinajstić information content (AvgIpc) is 3.01.